The van der Waals surface area contributed by atoms with E-state index in [1.165, 1.54) is 6.07 Å². The molecule has 1 aromatic rings. The van der Waals surface area contributed by atoms with Gasteiger partial charge in [0.2, 0.25) is 0 Å². The van der Waals surface area contributed by atoms with E-state index in [1.807, 2.05) is 13.0 Å². The number of halogens is 1. The highest BCUT2D eigenvalue weighted by Crippen LogP contribution is 2.06. The van der Waals surface area contributed by atoms with E-state index in [2.05, 4.69) is 12.2 Å². The van der Waals surface area contributed by atoms with Crippen molar-refractivity contribution in [3.05, 3.63) is 35.6 Å². The first kappa shape index (κ1) is 14.3. The van der Waals surface area contributed by atoms with Crippen LogP contribution < -0.4 is 5.32 Å². The Bertz CT molecular complexity index is 383. The smallest absolute Gasteiger partial charge is 0.123 e. The molecule has 0 bridgehead atoms. The van der Waals surface area contributed by atoms with Crippen molar-refractivity contribution in [2.24, 2.45) is 0 Å². The minimum Gasteiger partial charge on any atom is -0.311 e. The summed E-state index contributed by atoms with van der Waals surface area (Å²) in [6.07, 6.45) is 2.48. The fraction of sp³-hybridized carbons (Fsp3) is 0.538. The zero-order chi connectivity index (χ0) is 12.8. The van der Waals surface area contributed by atoms with Crippen LogP contribution in [0.4, 0.5) is 4.39 Å². The maximum Gasteiger partial charge on any atom is 0.123 e. The van der Waals surface area contributed by atoms with Crippen LogP contribution in [0.15, 0.2) is 24.3 Å². The molecule has 1 N–H and O–H groups in total. The van der Waals surface area contributed by atoms with E-state index in [0.29, 0.717) is 5.75 Å². The lowest BCUT2D eigenvalue weighted by Crippen LogP contribution is -2.38. The molecule has 2 nitrogen and oxygen atoms in total. The van der Waals surface area contributed by atoms with Crippen molar-refractivity contribution < 1.29 is 8.60 Å². The van der Waals surface area contributed by atoms with Crippen LogP contribution in [0.1, 0.15) is 19.4 Å². The third kappa shape index (κ3) is 5.94. The molecule has 3 atom stereocenters. The fourth-order valence-electron chi connectivity index (χ4n) is 1.96. The summed E-state index contributed by atoms with van der Waals surface area (Å²) in [5.41, 5.74) is 0.981. The second-order valence-corrected chi connectivity index (χ2v) is 6.02. The first-order chi connectivity index (χ1) is 7.97. The number of hydrogen-bond donors (Lipinski definition) is 1. The van der Waals surface area contributed by atoms with Gasteiger partial charge in [-0.3, -0.25) is 4.21 Å². The third-order valence-electron chi connectivity index (χ3n) is 2.48. The molecule has 96 valence electrons. The van der Waals surface area contributed by atoms with Gasteiger partial charge in [0.15, 0.2) is 0 Å². The molecule has 3 unspecified atom stereocenters. The Morgan fingerprint density at radius 2 is 2.06 bits per heavy atom. The summed E-state index contributed by atoms with van der Waals surface area (Å²) in [4.78, 5) is 0. The Labute approximate surface area is 105 Å². The number of rotatable bonds is 6. The highest BCUT2D eigenvalue weighted by Gasteiger charge is 2.09. The SMILES string of the molecule is CC(Cc1cccc(F)c1)NC(C)CS(C)=O. The third-order valence-corrected chi connectivity index (χ3v) is 3.45. The number of nitrogens with one attached hydrogen (secondary N) is 1. The minimum atomic E-state index is -0.785. The van der Waals surface area contributed by atoms with E-state index in [-0.39, 0.29) is 17.9 Å². The van der Waals surface area contributed by atoms with Crippen LogP contribution >= 0.6 is 0 Å². The van der Waals surface area contributed by atoms with Crippen molar-refractivity contribution in [1.29, 1.82) is 0 Å². The maximum absolute atomic E-state index is 13.0. The van der Waals surface area contributed by atoms with Gasteiger partial charge in [0.25, 0.3) is 0 Å². The van der Waals surface area contributed by atoms with Gasteiger partial charge in [-0.25, -0.2) is 4.39 Å². The molecule has 0 heterocycles. The normalized spacial score (nSPS) is 16.5. The molecule has 0 aliphatic heterocycles. The zero-order valence-electron chi connectivity index (χ0n) is 10.6. The lowest BCUT2D eigenvalue weighted by atomic mass is 10.1. The first-order valence-electron chi connectivity index (χ1n) is 5.78. The van der Waals surface area contributed by atoms with Crippen LogP contribution in [0.25, 0.3) is 0 Å². The van der Waals surface area contributed by atoms with Gasteiger partial charge < -0.3 is 5.32 Å². The molecule has 4 heteroatoms. The van der Waals surface area contributed by atoms with Gasteiger partial charge in [0.05, 0.1) is 0 Å². The molecule has 0 aliphatic rings. The van der Waals surface area contributed by atoms with Gasteiger partial charge in [0.1, 0.15) is 5.82 Å². The molecule has 0 aromatic heterocycles. The van der Waals surface area contributed by atoms with Crippen molar-refractivity contribution in [2.45, 2.75) is 32.4 Å². The van der Waals surface area contributed by atoms with Gasteiger partial charge >= 0.3 is 0 Å². The van der Waals surface area contributed by atoms with Crippen LogP contribution in [0, 0.1) is 5.82 Å². The van der Waals surface area contributed by atoms with E-state index in [4.69, 9.17) is 0 Å². The highest BCUT2D eigenvalue weighted by molar-refractivity contribution is 7.84. The standard InChI is InChI=1S/C13H20FNOS/c1-10(15-11(2)9-17(3)16)7-12-5-4-6-13(14)8-12/h4-6,8,10-11,15H,7,9H2,1-3H3. The summed E-state index contributed by atoms with van der Waals surface area (Å²) >= 11 is 0. The van der Waals surface area contributed by atoms with Gasteiger partial charge in [-0.1, -0.05) is 12.1 Å². The molecule has 17 heavy (non-hydrogen) atoms. The Hall–Kier alpha value is -0.740. The summed E-state index contributed by atoms with van der Waals surface area (Å²) in [6.45, 7) is 4.07. The van der Waals surface area contributed by atoms with Crippen LogP contribution in [-0.4, -0.2) is 28.3 Å². The molecule has 0 fully saturated rings. The summed E-state index contributed by atoms with van der Waals surface area (Å²) < 4.78 is 24.1. The second kappa shape index (κ2) is 6.87. The van der Waals surface area contributed by atoms with Gasteiger partial charge in [-0.05, 0) is 38.0 Å². The second-order valence-electron chi connectivity index (χ2n) is 4.54. The van der Waals surface area contributed by atoms with Crippen LogP contribution in [0.2, 0.25) is 0 Å². The average Bonchev–Trinajstić information content (AvgIpc) is 2.14. The van der Waals surface area contributed by atoms with E-state index in [0.717, 1.165) is 12.0 Å². The largest absolute Gasteiger partial charge is 0.311 e. The molecular formula is C13H20FNOS. The minimum absolute atomic E-state index is 0.197. The van der Waals surface area contributed by atoms with E-state index < -0.39 is 10.8 Å². The lowest BCUT2D eigenvalue weighted by Gasteiger charge is -2.19. The quantitative estimate of drug-likeness (QED) is 0.845. The lowest BCUT2D eigenvalue weighted by molar-refractivity contribution is 0.488. The molecule has 0 spiro atoms. The van der Waals surface area contributed by atoms with Crippen molar-refractivity contribution in [1.82, 2.24) is 5.32 Å². The molecule has 0 saturated carbocycles. The maximum atomic E-state index is 13.0. The highest BCUT2D eigenvalue weighted by atomic mass is 32.2. The Kier molecular flexibility index (Phi) is 5.78. The van der Waals surface area contributed by atoms with Crippen LogP contribution in [0.5, 0.6) is 0 Å². The molecule has 0 aliphatic carbocycles. The molecule has 0 radical (unpaired) electrons. The van der Waals surface area contributed by atoms with Gasteiger partial charge in [0, 0.05) is 34.9 Å². The molecule has 1 aromatic carbocycles. The summed E-state index contributed by atoms with van der Waals surface area (Å²) in [5.74, 6) is 0.449. The van der Waals surface area contributed by atoms with E-state index >= 15 is 0 Å². The van der Waals surface area contributed by atoms with Crippen molar-refractivity contribution in [3.63, 3.8) is 0 Å². The Morgan fingerprint density at radius 1 is 1.35 bits per heavy atom. The van der Waals surface area contributed by atoms with Crippen molar-refractivity contribution in [3.8, 4) is 0 Å². The molecular weight excluding hydrogens is 237 g/mol. The predicted octanol–water partition coefficient (Wildman–Crippen LogP) is 2.11. The molecule has 0 amide bonds. The van der Waals surface area contributed by atoms with Crippen LogP contribution in [0.3, 0.4) is 0 Å². The topological polar surface area (TPSA) is 29.1 Å². The van der Waals surface area contributed by atoms with Gasteiger partial charge in [-0.15, -0.1) is 0 Å². The number of hydrogen-bond acceptors (Lipinski definition) is 2. The summed E-state index contributed by atoms with van der Waals surface area (Å²) in [5, 5.41) is 3.36. The van der Waals surface area contributed by atoms with Gasteiger partial charge in [-0.2, -0.15) is 0 Å². The number of benzene rings is 1. The molecule has 1 rings (SSSR count). The Balaban J connectivity index is 2.44. The fourth-order valence-corrected chi connectivity index (χ4v) is 2.76. The first-order valence-corrected chi connectivity index (χ1v) is 7.50. The van der Waals surface area contributed by atoms with E-state index in [1.54, 1.807) is 18.4 Å². The predicted molar refractivity (Wildman–Crippen MR) is 71.1 cm³/mol. The van der Waals surface area contributed by atoms with E-state index in [9.17, 15) is 8.60 Å². The van der Waals surface area contributed by atoms with Crippen molar-refractivity contribution >= 4 is 10.8 Å². The van der Waals surface area contributed by atoms with Crippen LogP contribution in [-0.2, 0) is 17.2 Å². The summed E-state index contributed by atoms with van der Waals surface area (Å²) in [6, 6.07) is 7.11. The van der Waals surface area contributed by atoms with Crippen molar-refractivity contribution in [2.75, 3.05) is 12.0 Å². The monoisotopic (exact) mass is 257 g/mol. The summed E-state index contributed by atoms with van der Waals surface area (Å²) in [7, 11) is -0.785. The Morgan fingerprint density at radius 3 is 2.65 bits per heavy atom. The zero-order valence-corrected chi connectivity index (χ0v) is 11.4. The average molecular weight is 257 g/mol. The molecule has 0 saturated heterocycles.